The van der Waals surface area contributed by atoms with Crippen LogP contribution in [0, 0.1) is 0 Å². The lowest BCUT2D eigenvalue weighted by atomic mass is 10.1. The maximum Gasteiger partial charge on any atom is 0.341 e. The normalized spacial score (nSPS) is 12.0. The lowest BCUT2D eigenvalue weighted by Gasteiger charge is -2.14. The smallest absolute Gasteiger partial charge is 0.341 e. The minimum absolute atomic E-state index is 0.0726. The van der Waals surface area contributed by atoms with Gasteiger partial charge in [0, 0.05) is 14.2 Å². The quantitative estimate of drug-likeness (QED) is 0.575. The zero-order valence-electron chi connectivity index (χ0n) is 11.1. The maximum absolute atomic E-state index is 11.7. The third-order valence-corrected chi connectivity index (χ3v) is 2.56. The van der Waals surface area contributed by atoms with E-state index >= 15 is 0 Å². The van der Waals surface area contributed by atoms with Gasteiger partial charge in [0.05, 0.1) is 13.2 Å². The molecular formula is C13H18O5. The zero-order chi connectivity index (χ0) is 13.5. The summed E-state index contributed by atoms with van der Waals surface area (Å²) in [6.45, 7) is 1.97. The van der Waals surface area contributed by atoms with E-state index in [9.17, 15) is 4.79 Å². The molecule has 0 bridgehead atoms. The first-order chi connectivity index (χ1) is 8.63. The Balaban J connectivity index is 3.07. The number of hydrogen-bond acceptors (Lipinski definition) is 5. The molecule has 5 heteroatoms. The van der Waals surface area contributed by atoms with E-state index in [1.165, 1.54) is 14.2 Å². The highest BCUT2D eigenvalue weighted by Crippen LogP contribution is 2.25. The van der Waals surface area contributed by atoms with E-state index < -0.39 is 5.97 Å². The van der Waals surface area contributed by atoms with Gasteiger partial charge >= 0.3 is 5.97 Å². The number of esters is 1. The van der Waals surface area contributed by atoms with Gasteiger partial charge < -0.3 is 18.9 Å². The number of methoxy groups -OCH3 is 3. The molecule has 5 nitrogen and oxygen atoms in total. The minimum atomic E-state index is -0.453. The van der Waals surface area contributed by atoms with E-state index in [0.29, 0.717) is 11.3 Å². The summed E-state index contributed by atoms with van der Waals surface area (Å²) in [5.74, 6) is -0.0259. The van der Waals surface area contributed by atoms with Crippen molar-refractivity contribution < 1.29 is 23.7 Å². The predicted octanol–water partition coefficient (Wildman–Crippen LogP) is 2.16. The molecule has 0 saturated heterocycles. The molecule has 0 N–H and O–H groups in total. The summed E-state index contributed by atoms with van der Waals surface area (Å²) in [6, 6.07) is 5.24. The lowest BCUT2D eigenvalue weighted by Crippen LogP contribution is -2.09. The highest BCUT2D eigenvalue weighted by molar-refractivity contribution is 5.92. The van der Waals surface area contributed by atoms with Crippen LogP contribution in [-0.2, 0) is 14.2 Å². The predicted molar refractivity (Wildman–Crippen MR) is 65.7 cm³/mol. The molecule has 1 aromatic carbocycles. The van der Waals surface area contributed by atoms with Crippen LogP contribution in [0.5, 0.6) is 5.75 Å². The second-order valence-electron chi connectivity index (χ2n) is 3.68. The number of rotatable bonds is 6. The third kappa shape index (κ3) is 3.45. The number of carbonyl (C=O) groups excluding carboxylic acids is 1. The van der Waals surface area contributed by atoms with Gasteiger partial charge in [-0.15, -0.1) is 0 Å². The van der Waals surface area contributed by atoms with E-state index in [2.05, 4.69) is 0 Å². The van der Waals surface area contributed by atoms with Crippen molar-refractivity contribution in [1.82, 2.24) is 0 Å². The Morgan fingerprint density at radius 2 is 2.00 bits per heavy atom. The summed E-state index contributed by atoms with van der Waals surface area (Å²) in [5, 5.41) is 0. The number of hydrogen-bond donors (Lipinski definition) is 0. The fourth-order valence-electron chi connectivity index (χ4n) is 1.45. The zero-order valence-corrected chi connectivity index (χ0v) is 11.1. The average molecular weight is 254 g/mol. The topological polar surface area (TPSA) is 54.0 Å². The second-order valence-corrected chi connectivity index (χ2v) is 3.68. The Kier molecular flexibility index (Phi) is 5.61. The van der Waals surface area contributed by atoms with Crippen molar-refractivity contribution in [2.45, 2.75) is 13.0 Å². The van der Waals surface area contributed by atoms with Crippen LogP contribution in [0.4, 0.5) is 0 Å². The molecule has 1 aromatic rings. The molecule has 0 aliphatic carbocycles. The van der Waals surface area contributed by atoms with E-state index in [1.807, 2.05) is 13.0 Å². The van der Waals surface area contributed by atoms with Crippen molar-refractivity contribution in [3.05, 3.63) is 29.3 Å². The molecule has 1 unspecified atom stereocenters. The van der Waals surface area contributed by atoms with Crippen LogP contribution >= 0.6 is 0 Å². The van der Waals surface area contributed by atoms with E-state index in [1.54, 1.807) is 19.2 Å². The van der Waals surface area contributed by atoms with Crippen molar-refractivity contribution in [1.29, 1.82) is 0 Å². The summed E-state index contributed by atoms with van der Waals surface area (Å²) >= 11 is 0. The molecule has 0 radical (unpaired) electrons. The molecule has 0 saturated carbocycles. The van der Waals surface area contributed by atoms with Gasteiger partial charge in [0.15, 0.2) is 6.79 Å². The van der Waals surface area contributed by atoms with Gasteiger partial charge in [-0.05, 0) is 24.6 Å². The van der Waals surface area contributed by atoms with Crippen molar-refractivity contribution in [2.75, 3.05) is 28.1 Å². The highest BCUT2D eigenvalue weighted by Gasteiger charge is 2.16. The molecule has 0 aliphatic rings. The van der Waals surface area contributed by atoms with Gasteiger partial charge in [0.1, 0.15) is 11.3 Å². The highest BCUT2D eigenvalue weighted by atomic mass is 16.7. The molecule has 0 heterocycles. The lowest BCUT2D eigenvalue weighted by molar-refractivity contribution is 0.0464. The summed E-state index contributed by atoms with van der Waals surface area (Å²) < 4.78 is 20.1. The van der Waals surface area contributed by atoms with E-state index in [0.717, 1.165) is 5.56 Å². The van der Waals surface area contributed by atoms with Gasteiger partial charge in [-0.3, -0.25) is 0 Å². The standard InChI is InChI=1S/C13H18O5/c1-9(16-3)10-5-6-12(18-8-15-2)11(7-10)13(14)17-4/h5-7,9H,8H2,1-4H3. The first-order valence-corrected chi connectivity index (χ1v) is 5.50. The van der Waals surface area contributed by atoms with Gasteiger partial charge in [-0.25, -0.2) is 4.79 Å². The Morgan fingerprint density at radius 1 is 1.28 bits per heavy atom. The van der Waals surface area contributed by atoms with Crippen molar-refractivity contribution in [3.63, 3.8) is 0 Å². The van der Waals surface area contributed by atoms with Crippen LogP contribution in [-0.4, -0.2) is 34.1 Å². The van der Waals surface area contributed by atoms with Gasteiger partial charge in [-0.1, -0.05) is 6.07 Å². The summed E-state index contributed by atoms with van der Waals surface area (Å²) in [5.41, 5.74) is 1.23. The van der Waals surface area contributed by atoms with Gasteiger partial charge in [0.25, 0.3) is 0 Å². The summed E-state index contributed by atoms with van der Waals surface area (Å²) in [7, 11) is 4.45. The van der Waals surface area contributed by atoms with Crippen molar-refractivity contribution in [3.8, 4) is 5.75 Å². The van der Waals surface area contributed by atoms with Gasteiger partial charge in [-0.2, -0.15) is 0 Å². The average Bonchev–Trinajstić information content (AvgIpc) is 2.43. The number of ether oxygens (including phenoxy) is 4. The van der Waals surface area contributed by atoms with Crippen molar-refractivity contribution >= 4 is 5.97 Å². The van der Waals surface area contributed by atoms with Crippen LogP contribution in [0.15, 0.2) is 18.2 Å². The molecule has 18 heavy (non-hydrogen) atoms. The Morgan fingerprint density at radius 3 is 2.56 bits per heavy atom. The molecule has 0 fully saturated rings. The largest absolute Gasteiger partial charge is 0.467 e. The molecular weight excluding hydrogens is 236 g/mol. The molecule has 0 spiro atoms. The minimum Gasteiger partial charge on any atom is -0.467 e. The number of carbonyl (C=O) groups is 1. The van der Waals surface area contributed by atoms with Gasteiger partial charge in [0.2, 0.25) is 0 Å². The summed E-state index contributed by atoms with van der Waals surface area (Å²) in [4.78, 5) is 11.7. The van der Waals surface area contributed by atoms with Crippen LogP contribution < -0.4 is 4.74 Å². The Hall–Kier alpha value is -1.59. The Labute approximate surface area is 107 Å². The molecule has 1 atom stereocenters. The third-order valence-electron chi connectivity index (χ3n) is 2.56. The first kappa shape index (κ1) is 14.5. The molecule has 0 aliphatic heterocycles. The van der Waals surface area contributed by atoms with Crippen LogP contribution in [0.25, 0.3) is 0 Å². The molecule has 1 rings (SSSR count). The monoisotopic (exact) mass is 254 g/mol. The fraction of sp³-hybridized carbons (Fsp3) is 0.462. The number of benzene rings is 1. The van der Waals surface area contributed by atoms with Crippen LogP contribution in [0.2, 0.25) is 0 Å². The van der Waals surface area contributed by atoms with Crippen molar-refractivity contribution in [2.24, 2.45) is 0 Å². The molecule has 100 valence electrons. The fourth-order valence-corrected chi connectivity index (χ4v) is 1.45. The van der Waals surface area contributed by atoms with Crippen LogP contribution in [0.1, 0.15) is 28.9 Å². The maximum atomic E-state index is 11.7. The van der Waals surface area contributed by atoms with Crippen LogP contribution in [0.3, 0.4) is 0 Å². The Bertz CT molecular complexity index is 402. The van der Waals surface area contributed by atoms with E-state index in [-0.39, 0.29) is 12.9 Å². The summed E-state index contributed by atoms with van der Waals surface area (Å²) in [6.07, 6.45) is -0.107. The SMILES string of the molecule is COCOc1ccc(C(C)OC)cc1C(=O)OC. The van der Waals surface area contributed by atoms with E-state index in [4.69, 9.17) is 18.9 Å². The molecule has 0 aromatic heterocycles. The second kappa shape index (κ2) is 6.98. The molecule has 0 amide bonds. The first-order valence-electron chi connectivity index (χ1n) is 5.50.